The molecule has 30 heavy (non-hydrogen) atoms. The summed E-state index contributed by atoms with van der Waals surface area (Å²) in [7, 11) is -2.13. The molecule has 2 heterocycles. The fourth-order valence-electron chi connectivity index (χ4n) is 3.52. The summed E-state index contributed by atoms with van der Waals surface area (Å²) in [5, 5.41) is 7.19. The summed E-state index contributed by atoms with van der Waals surface area (Å²) in [5.41, 5.74) is 0.940. The summed E-state index contributed by atoms with van der Waals surface area (Å²) >= 11 is 1.18. The first-order chi connectivity index (χ1) is 14.3. The van der Waals surface area contributed by atoms with Crippen LogP contribution in [0.1, 0.15) is 32.6 Å². The minimum atomic E-state index is -3.62. The standard InChI is InChI=1S/C20H25N3O5S2/c1-14(24)21-15-8-9-18(28-2)17(12-15)22-19(25)13-16-6-3-4-10-23(16)30(26,27)20-7-5-11-29-20/h5,7-9,11-12,16H,3-4,6,10,13H2,1-2H3,(H,21,24)(H,22,25). The maximum Gasteiger partial charge on any atom is 0.252 e. The van der Waals surface area contributed by atoms with E-state index in [1.165, 1.54) is 29.7 Å². The van der Waals surface area contributed by atoms with E-state index in [4.69, 9.17) is 4.74 Å². The van der Waals surface area contributed by atoms with Crippen molar-refractivity contribution in [3.63, 3.8) is 0 Å². The Bertz CT molecular complexity index is 1010. The van der Waals surface area contributed by atoms with E-state index in [9.17, 15) is 18.0 Å². The molecule has 1 aromatic carbocycles. The second-order valence-corrected chi connectivity index (χ2v) is 10.1. The molecular formula is C20H25N3O5S2. The fraction of sp³-hybridized carbons (Fsp3) is 0.400. The van der Waals surface area contributed by atoms with Crippen LogP contribution in [0.3, 0.4) is 0 Å². The second-order valence-electron chi connectivity index (χ2n) is 7.05. The van der Waals surface area contributed by atoms with Crippen LogP contribution in [0.5, 0.6) is 5.75 Å². The zero-order valence-corrected chi connectivity index (χ0v) is 18.5. The summed E-state index contributed by atoms with van der Waals surface area (Å²) < 4.78 is 33.0. The highest BCUT2D eigenvalue weighted by Gasteiger charge is 2.35. The van der Waals surface area contributed by atoms with Gasteiger partial charge in [-0.3, -0.25) is 9.59 Å². The van der Waals surface area contributed by atoms with Gasteiger partial charge in [0.15, 0.2) is 0 Å². The van der Waals surface area contributed by atoms with Crippen molar-refractivity contribution >= 4 is 44.5 Å². The molecule has 0 saturated carbocycles. The molecule has 0 bridgehead atoms. The van der Waals surface area contributed by atoms with Gasteiger partial charge in [0, 0.05) is 31.6 Å². The van der Waals surface area contributed by atoms with E-state index in [1.54, 1.807) is 35.7 Å². The minimum absolute atomic E-state index is 0.0398. The Kier molecular flexibility index (Phi) is 7.11. The highest BCUT2D eigenvalue weighted by atomic mass is 32.2. The normalized spacial score (nSPS) is 17.3. The van der Waals surface area contributed by atoms with Gasteiger partial charge in [-0.25, -0.2) is 8.42 Å². The van der Waals surface area contributed by atoms with Gasteiger partial charge in [0.25, 0.3) is 10.0 Å². The van der Waals surface area contributed by atoms with Gasteiger partial charge in [0.05, 0.1) is 12.8 Å². The number of amides is 2. The van der Waals surface area contributed by atoms with Crippen molar-refractivity contribution in [2.75, 3.05) is 24.3 Å². The number of piperidine rings is 1. The Hall–Kier alpha value is -2.43. The molecule has 0 radical (unpaired) electrons. The Morgan fingerprint density at radius 2 is 2.03 bits per heavy atom. The van der Waals surface area contributed by atoms with Gasteiger partial charge < -0.3 is 15.4 Å². The Morgan fingerprint density at radius 3 is 2.70 bits per heavy atom. The molecule has 162 valence electrons. The number of hydrogen-bond acceptors (Lipinski definition) is 6. The van der Waals surface area contributed by atoms with Gasteiger partial charge in [-0.1, -0.05) is 12.5 Å². The van der Waals surface area contributed by atoms with Crippen LogP contribution in [0.15, 0.2) is 39.9 Å². The Balaban J connectivity index is 1.75. The van der Waals surface area contributed by atoms with Gasteiger partial charge in [0.2, 0.25) is 11.8 Å². The summed E-state index contributed by atoms with van der Waals surface area (Å²) in [6, 6.07) is 7.82. The quantitative estimate of drug-likeness (QED) is 0.672. The van der Waals surface area contributed by atoms with Crippen molar-refractivity contribution < 1.29 is 22.7 Å². The van der Waals surface area contributed by atoms with Crippen LogP contribution < -0.4 is 15.4 Å². The van der Waals surface area contributed by atoms with E-state index in [0.717, 1.165) is 12.8 Å². The lowest BCUT2D eigenvalue weighted by atomic mass is 10.0. The number of benzene rings is 1. The van der Waals surface area contributed by atoms with Gasteiger partial charge in [-0.2, -0.15) is 4.31 Å². The van der Waals surface area contributed by atoms with E-state index in [-0.39, 0.29) is 18.2 Å². The SMILES string of the molecule is COc1ccc(NC(C)=O)cc1NC(=O)CC1CCCCN1S(=O)(=O)c1cccs1. The molecule has 1 aromatic heterocycles. The van der Waals surface area contributed by atoms with Crippen LogP contribution in [-0.2, 0) is 19.6 Å². The average molecular weight is 452 g/mol. The molecule has 10 heteroatoms. The molecule has 1 aliphatic heterocycles. The maximum atomic E-state index is 13.0. The van der Waals surface area contributed by atoms with Crippen LogP contribution >= 0.6 is 11.3 Å². The van der Waals surface area contributed by atoms with Crippen molar-refractivity contribution in [2.24, 2.45) is 0 Å². The number of nitrogens with zero attached hydrogens (tertiary/aromatic N) is 1. The molecule has 2 N–H and O–H groups in total. The highest BCUT2D eigenvalue weighted by molar-refractivity contribution is 7.91. The van der Waals surface area contributed by atoms with Gasteiger partial charge in [0.1, 0.15) is 9.96 Å². The summed E-state index contributed by atoms with van der Waals surface area (Å²) in [4.78, 5) is 24.1. The maximum absolute atomic E-state index is 13.0. The summed E-state index contributed by atoms with van der Waals surface area (Å²) in [6.07, 6.45) is 2.31. The first-order valence-electron chi connectivity index (χ1n) is 9.62. The third-order valence-corrected chi connectivity index (χ3v) is 8.17. The zero-order chi connectivity index (χ0) is 21.7. The van der Waals surface area contributed by atoms with Crippen molar-refractivity contribution in [2.45, 2.75) is 42.9 Å². The summed E-state index contributed by atoms with van der Waals surface area (Å²) in [5.74, 6) is -0.0928. The first-order valence-corrected chi connectivity index (χ1v) is 11.9. The predicted octanol–water partition coefficient (Wildman–Crippen LogP) is 3.29. The number of methoxy groups -OCH3 is 1. The van der Waals surface area contributed by atoms with Gasteiger partial charge in [-0.05, 0) is 42.5 Å². The molecule has 1 unspecified atom stereocenters. The molecule has 2 aromatic rings. The number of nitrogens with one attached hydrogen (secondary N) is 2. The molecule has 1 fully saturated rings. The fourth-order valence-corrected chi connectivity index (χ4v) is 6.33. The van der Waals surface area contributed by atoms with Crippen LogP contribution in [0.4, 0.5) is 11.4 Å². The lowest BCUT2D eigenvalue weighted by Crippen LogP contribution is -2.45. The Morgan fingerprint density at radius 1 is 1.23 bits per heavy atom. The van der Waals surface area contributed by atoms with Crippen molar-refractivity contribution in [3.8, 4) is 5.75 Å². The smallest absolute Gasteiger partial charge is 0.252 e. The predicted molar refractivity (Wildman–Crippen MR) is 116 cm³/mol. The largest absolute Gasteiger partial charge is 0.495 e. The highest BCUT2D eigenvalue weighted by Crippen LogP contribution is 2.31. The topological polar surface area (TPSA) is 105 Å². The zero-order valence-electron chi connectivity index (χ0n) is 16.9. The molecule has 2 amide bonds. The number of hydrogen-bond donors (Lipinski definition) is 2. The van der Waals surface area contributed by atoms with E-state index < -0.39 is 16.1 Å². The molecule has 8 nitrogen and oxygen atoms in total. The van der Waals surface area contributed by atoms with E-state index >= 15 is 0 Å². The van der Waals surface area contributed by atoms with Crippen LogP contribution in [0, 0.1) is 0 Å². The number of thiophene rings is 1. The molecule has 0 spiro atoms. The number of rotatable bonds is 7. The molecule has 3 rings (SSSR count). The van der Waals surface area contributed by atoms with Crippen molar-refractivity contribution in [3.05, 3.63) is 35.7 Å². The molecule has 1 saturated heterocycles. The van der Waals surface area contributed by atoms with E-state index in [1.807, 2.05) is 0 Å². The number of carbonyl (C=O) groups excluding carboxylic acids is 2. The number of sulfonamides is 1. The monoisotopic (exact) mass is 451 g/mol. The second kappa shape index (κ2) is 9.59. The van der Waals surface area contributed by atoms with Crippen molar-refractivity contribution in [1.82, 2.24) is 4.31 Å². The minimum Gasteiger partial charge on any atom is -0.495 e. The lowest BCUT2D eigenvalue weighted by molar-refractivity contribution is -0.117. The summed E-state index contributed by atoms with van der Waals surface area (Å²) in [6.45, 7) is 1.80. The molecule has 0 aliphatic carbocycles. The molecule has 1 aliphatic rings. The van der Waals surface area contributed by atoms with Crippen LogP contribution in [0.2, 0.25) is 0 Å². The number of anilines is 2. The lowest BCUT2D eigenvalue weighted by Gasteiger charge is -2.34. The third-order valence-electron chi connectivity index (χ3n) is 4.85. The molecular weight excluding hydrogens is 426 g/mol. The average Bonchev–Trinajstić information content (AvgIpc) is 3.24. The number of carbonyl (C=O) groups is 2. The van der Waals surface area contributed by atoms with Crippen molar-refractivity contribution in [1.29, 1.82) is 0 Å². The molecule has 1 atom stereocenters. The first kappa shape index (κ1) is 22.3. The third kappa shape index (κ3) is 5.18. The Labute approximate surface area is 180 Å². The van der Waals surface area contributed by atoms with E-state index in [2.05, 4.69) is 10.6 Å². The van der Waals surface area contributed by atoms with Crippen LogP contribution in [-0.4, -0.2) is 44.2 Å². The van der Waals surface area contributed by atoms with E-state index in [0.29, 0.717) is 34.3 Å². The van der Waals surface area contributed by atoms with Crippen LogP contribution in [0.25, 0.3) is 0 Å². The number of ether oxygens (including phenoxy) is 1. The van der Waals surface area contributed by atoms with Gasteiger partial charge >= 0.3 is 0 Å². The van der Waals surface area contributed by atoms with Gasteiger partial charge in [-0.15, -0.1) is 11.3 Å².